The van der Waals surface area contributed by atoms with Gasteiger partial charge < -0.3 is 0 Å². The highest BCUT2D eigenvalue weighted by Crippen LogP contribution is 2.54. The molecule has 0 radical (unpaired) electrons. The molecule has 0 N–H and O–H groups in total. The number of hydrogen-bond donors (Lipinski definition) is 0. The normalized spacial score (nSPS) is 16.6. The van der Waals surface area contributed by atoms with E-state index in [0.717, 1.165) is 0 Å². The first kappa shape index (κ1) is 28.5. The van der Waals surface area contributed by atoms with Gasteiger partial charge in [-0.2, -0.15) is 0 Å². The van der Waals surface area contributed by atoms with Crippen LogP contribution >= 0.6 is 0 Å². The average molecular weight is 607 g/mol. The van der Waals surface area contributed by atoms with Crippen LogP contribution in [0.5, 0.6) is 0 Å². The van der Waals surface area contributed by atoms with E-state index in [-0.39, 0.29) is 16.2 Å². The largest absolute Gasteiger partial charge is 0.0619 e. The molecule has 230 valence electrons. The van der Waals surface area contributed by atoms with E-state index in [4.69, 9.17) is 0 Å². The van der Waals surface area contributed by atoms with Crippen molar-refractivity contribution in [3.05, 3.63) is 154 Å². The summed E-state index contributed by atoms with van der Waals surface area (Å²) in [7, 11) is 0. The van der Waals surface area contributed by atoms with Crippen LogP contribution in [-0.4, -0.2) is 0 Å². The van der Waals surface area contributed by atoms with Gasteiger partial charge in [0.25, 0.3) is 0 Å². The monoisotopic (exact) mass is 606 g/mol. The highest BCUT2D eigenvalue weighted by molar-refractivity contribution is 5.90. The molecule has 0 saturated carbocycles. The molecule has 3 aliphatic rings. The standard InChI is InChI=1S/C47H42/c1-27-21-37-32-14-10-12-16-40(32)46(5,6)43(37)25-35(27)30-18-20-34-38-22-28(2)36(26-44(38)47(7,8)42(34)24-30)29-17-19-33-31-13-9-11-15-39(31)45(3,4)41(33)23-29/h9-26H,1-8H3. The molecule has 9 rings (SSSR count). The van der Waals surface area contributed by atoms with Crippen LogP contribution in [0, 0.1) is 13.8 Å². The van der Waals surface area contributed by atoms with Crippen LogP contribution in [0.15, 0.2) is 109 Å². The second-order valence-corrected chi connectivity index (χ2v) is 15.9. The maximum atomic E-state index is 2.50. The first-order valence-corrected chi connectivity index (χ1v) is 17.2. The Hall–Kier alpha value is -4.68. The molecule has 0 saturated heterocycles. The fourth-order valence-corrected chi connectivity index (χ4v) is 9.41. The molecule has 0 atom stereocenters. The lowest BCUT2D eigenvalue weighted by Gasteiger charge is -2.25. The minimum absolute atomic E-state index is 0.00777. The summed E-state index contributed by atoms with van der Waals surface area (Å²) < 4.78 is 0. The van der Waals surface area contributed by atoms with Crippen molar-refractivity contribution < 1.29 is 0 Å². The molecule has 0 amide bonds. The average Bonchev–Trinajstić information content (AvgIpc) is 3.52. The Bertz CT molecular complexity index is 2340. The number of hydrogen-bond acceptors (Lipinski definition) is 0. The highest BCUT2D eigenvalue weighted by atomic mass is 14.4. The zero-order valence-corrected chi connectivity index (χ0v) is 28.9. The molecular formula is C47H42. The third-order valence-corrected chi connectivity index (χ3v) is 12.2. The van der Waals surface area contributed by atoms with Gasteiger partial charge in [-0.25, -0.2) is 0 Å². The molecule has 6 aromatic rings. The van der Waals surface area contributed by atoms with E-state index in [9.17, 15) is 0 Å². The summed E-state index contributed by atoms with van der Waals surface area (Å²) in [5.74, 6) is 0. The van der Waals surface area contributed by atoms with Gasteiger partial charge in [0.15, 0.2) is 0 Å². The highest BCUT2D eigenvalue weighted by Gasteiger charge is 2.39. The molecule has 0 nitrogen and oxygen atoms in total. The first-order valence-electron chi connectivity index (χ1n) is 17.2. The molecule has 6 aromatic carbocycles. The molecular weight excluding hydrogens is 565 g/mol. The summed E-state index contributed by atoms with van der Waals surface area (Å²) in [5.41, 5.74) is 24.7. The Kier molecular flexibility index (Phi) is 5.60. The number of rotatable bonds is 2. The maximum absolute atomic E-state index is 2.50. The molecule has 0 heterocycles. The maximum Gasteiger partial charge on any atom is 0.0159 e. The van der Waals surface area contributed by atoms with Crippen LogP contribution in [0.2, 0.25) is 0 Å². The van der Waals surface area contributed by atoms with Crippen LogP contribution < -0.4 is 0 Å². The van der Waals surface area contributed by atoms with E-state index < -0.39 is 0 Å². The third-order valence-electron chi connectivity index (χ3n) is 12.2. The minimum atomic E-state index is -0.102. The second-order valence-electron chi connectivity index (χ2n) is 15.9. The zero-order valence-electron chi connectivity index (χ0n) is 28.9. The van der Waals surface area contributed by atoms with E-state index in [1.165, 1.54) is 100 Å². The van der Waals surface area contributed by atoms with Crippen LogP contribution in [0.25, 0.3) is 55.6 Å². The summed E-state index contributed by atoms with van der Waals surface area (Å²) in [6, 6.07) is 42.1. The smallest absolute Gasteiger partial charge is 0.0159 e. The predicted octanol–water partition coefficient (Wildman–Crippen LogP) is 12.6. The topological polar surface area (TPSA) is 0 Å². The summed E-state index contributed by atoms with van der Waals surface area (Å²) in [6.45, 7) is 18.9. The minimum Gasteiger partial charge on any atom is -0.0619 e. The third kappa shape index (κ3) is 3.70. The molecule has 0 unspecified atom stereocenters. The summed E-state index contributed by atoms with van der Waals surface area (Å²) in [5, 5.41) is 0. The Morgan fingerprint density at radius 3 is 1.11 bits per heavy atom. The SMILES string of the molecule is Cc1cc2c(cc1-c1ccc3c(c1)C(C)(C)c1cc(-c4ccc5c(c4)C(C)(C)c4ccccc4-5)c(C)cc1-3)C(C)(C)c1ccccc1-2. The summed E-state index contributed by atoms with van der Waals surface area (Å²) in [4.78, 5) is 0. The summed E-state index contributed by atoms with van der Waals surface area (Å²) >= 11 is 0. The molecule has 0 aromatic heterocycles. The quantitative estimate of drug-likeness (QED) is 0.184. The number of benzene rings is 6. The van der Waals surface area contributed by atoms with Gasteiger partial charge in [0.1, 0.15) is 0 Å². The van der Waals surface area contributed by atoms with Crippen molar-refractivity contribution in [2.75, 3.05) is 0 Å². The Morgan fingerprint density at radius 2 is 0.638 bits per heavy atom. The van der Waals surface area contributed by atoms with E-state index in [1.54, 1.807) is 0 Å². The molecule has 47 heavy (non-hydrogen) atoms. The van der Waals surface area contributed by atoms with E-state index in [2.05, 4.69) is 165 Å². The molecule has 0 fully saturated rings. The van der Waals surface area contributed by atoms with Crippen LogP contribution in [0.4, 0.5) is 0 Å². The van der Waals surface area contributed by atoms with Gasteiger partial charge in [-0.3, -0.25) is 0 Å². The van der Waals surface area contributed by atoms with Crippen molar-refractivity contribution in [1.82, 2.24) is 0 Å². The van der Waals surface area contributed by atoms with Crippen molar-refractivity contribution >= 4 is 0 Å². The van der Waals surface area contributed by atoms with Gasteiger partial charge in [0.05, 0.1) is 0 Å². The van der Waals surface area contributed by atoms with Crippen molar-refractivity contribution in [2.24, 2.45) is 0 Å². The van der Waals surface area contributed by atoms with Gasteiger partial charge in [-0.05, 0) is 138 Å². The van der Waals surface area contributed by atoms with E-state index in [1.807, 2.05) is 0 Å². The van der Waals surface area contributed by atoms with Crippen molar-refractivity contribution in [1.29, 1.82) is 0 Å². The van der Waals surface area contributed by atoms with Crippen LogP contribution in [0.3, 0.4) is 0 Å². The van der Waals surface area contributed by atoms with E-state index >= 15 is 0 Å². The fraction of sp³-hybridized carbons (Fsp3) is 0.234. The van der Waals surface area contributed by atoms with Gasteiger partial charge in [0, 0.05) is 16.2 Å². The lowest BCUT2D eigenvalue weighted by Crippen LogP contribution is -2.16. The van der Waals surface area contributed by atoms with Crippen molar-refractivity contribution in [2.45, 2.75) is 71.6 Å². The lowest BCUT2D eigenvalue weighted by molar-refractivity contribution is 0.659. The number of aryl methyl sites for hydroxylation is 2. The Morgan fingerprint density at radius 1 is 0.298 bits per heavy atom. The van der Waals surface area contributed by atoms with Gasteiger partial charge in [-0.1, -0.05) is 126 Å². The Labute approximate surface area is 280 Å². The lowest BCUT2D eigenvalue weighted by atomic mass is 9.78. The molecule has 3 aliphatic carbocycles. The second kappa shape index (κ2) is 9.23. The van der Waals surface area contributed by atoms with Crippen LogP contribution in [-0.2, 0) is 16.2 Å². The van der Waals surface area contributed by atoms with Crippen LogP contribution in [0.1, 0.15) is 86.1 Å². The zero-order chi connectivity index (χ0) is 32.6. The summed E-state index contributed by atoms with van der Waals surface area (Å²) in [6.07, 6.45) is 0. The fourth-order valence-electron chi connectivity index (χ4n) is 9.41. The predicted molar refractivity (Wildman–Crippen MR) is 199 cm³/mol. The molecule has 0 spiro atoms. The van der Waals surface area contributed by atoms with Gasteiger partial charge in [0.2, 0.25) is 0 Å². The number of fused-ring (bicyclic) bond motifs is 9. The van der Waals surface area contributed by atoms with Crippen molar-refractivity contribution in [3.8, 4) is 55.6 Å². The Balaban J connectivity index is 1.13. The van der Waals surface area contributed by atoms with Gasteiger partial charge in [-0.15, -0.1) is 0 Å². The molecule has 0 aliphatic heterocycles. The van der Waals surface area contributed by atoms with Crippen molar-refractivity contribution in [3.63, 3.8) is 0 Å². The van der Waals surface area contributed by atoms with Gasteiger partial charge >= 0.3 is 0 Å². The van der Waals surface area contributed by atoms with E-state index in [0.29, 0.717) is 0 Å². The molecule has 0 bridgehead atoms. The molecule has 0 heteroatoms. The first-order chi connectivity index (χ1) is 22.4.